The van der Waals surface area contributed by atoms with Gasteiger partial charge in [0.15, 0.2) is 0 Å². The number of benzene rings is 1. The van der Waals surface area contributed by atoms with Crippen LogP contribution >= 0.6 is 11.6 Å². The van der Waals surface area contributed by atoms with Crippen LogP contribution in [0.4, 0.5) is 0 Å². The number of pyridine rings is 1. The number of aromatic nitrogens is 3. The van der Waals surface area contributed by atoms with Gasteiger partial charge in [0.25, 0.3) is 0 Å². The molecule has 0 saturated heterocycles. The lowest BCUT2D eigenvalue weighted by Crippen LogP contribution is -1.91. The minimum Gasteiger partial charge on any atom is -0.256 e. The van der Waals surface area contributed by atoms with Crippen LogP contribution in [0.1, 0.15) is 5.69 Å². The Kier molecular flexibility index (Phi) is 2.68. The van der Waals surface area contributed by atoms with Crippen LogP contribution < -0.4 is 0 Å². The molecule has 1 aromatic carbocycles. The van der Waals surface area contributed by atoms with Crippen LogP contribution in [-0.2, 0) is 0 Å². The van der Waals surface area contributed by atoms with Crippen LogP contribution in [0, 0.1) is 6.92 Å². The van der Waals surface area contributed by atoms with Gasteiger partial charge in [-0.3, -0.25) is 4.98 Å². The Morgan fingerprint density at radius 1 is 1.06 bits per heavy atom. The predicted octanol–water partition coefficient (Wildman–Crippen LogP) is 3.65. The van der Waals surface area contributed by atoms with Crippen molar-refractivity contribution >= 4 is 22.5 Å². The molecule has 88 valence electrons. The summed E-state index contributed by atoms with van der Waals surface area (Å²) in [5, 5.41) is 1.35. The van der Waals surface area contributed by atoms with Gasteiger partial charge in [0.1, 0.15) is 0 Å². The van der Waals surface area contributed by atoms with Crippen LogP contribution in [0.15, 0.2) is 42.6 Å². The van der Waals surface area contributed by atoms with Crippen molar-refractivity contribution in [2.45, 2.75) is 6.92 Å². The van der Waals surface area contributed by atoms with E-state index in [1.165, 1.54) is 0 Å². The van der Waals surface area contributed by atoms with E-state index in [4.69, 9.17) is 11.6 Å². The van der Waals surface area contributed by atoms with E-state index >= 15 is 0 Å². The van der Waals surface area contributed by atoms with Gasteiger partial charge in [-0.1, -0.05) is 18.2 Å². The van der Waals surface area contributed by atoms with E-state index in [2.05, 4.69) is 21.0 Å². The van der Waals surface area contributed by atoms with Gasteiger partial charge in [0.2, 0.25) is 5.28 Å². The molecular weight excluding hydrogens is 246 g/mol. The third-order valence-electron chi connectivity index (χ3n) is 2.71. The zero-order valence-corrected chi connectivity index (χ0v) is 10.5. The monoisotopic (exact) mass is 255 g/mol. The average molecular weight is 256 g/mol. The van der Waals surface area contributed by atoms with Crippen LogP contribution in [0.3, 0.4) is 0 Å². The third kappa shape index (κ3) is 2.05. The fourth-order valence-corrected chi connectivity index (χ4v) is 2.12. The molecule has 0 amide bonds. The van der Waals surface area contributed by atoms with Gasteiger partial charge in [-0.15, -0.1) is 0 Å². The van der Waals surface area contributed by atoms with E-state index in [-0.39, 0.29) is 5.28 Å². The van der Waals surface area contributed by atoms with Crippen molar-refractivity contribution in [1.82, 2.24) is 15.0 Å². The number of hydrogen-bond acceptors (Lipinski definition) is 3. The maximum Gasteiger partial charge on any atom is 0.223 e. The van der Waals surface area contributed by atoms with E-state index in [0.717, 1.165) is 27.9 Å². The Morgan fingerprint density at radius 2 is 1.89 bits per heavy atom. The van der Waals surface area contributed by atoms with E-state index in [1.807, 2.05) is 37.3 Å². The number of para-hydroxylation sites is 1. The van der Waals surface area contributed by atoms with Crippen molar-refractivity contribution in [3.63, 3.8) is 0 Å². The summed E-state index contributed by atoms with van der Waals surface area (Å²) in [6.45, 7) is 1.89. The minimum atomic E-state index is 0.262. The molecule has 3 nitrogen and oxygen atoms in total. The molecule has 2 heterocycles. The first-order valence-corrected chi connectivity index (χ1v) is 5.96. The Morgan fingerprint density at radius 3 is 2.72 bits per heavy atom. The molecule has 3 rings (SSSR count). The molecule has 0 aliphatic carbocycles. The lowest BCUT2D eigenvalue weighted by atomic mass is 10.1. The summed E-state index contributed by atoms with van der Waals surface area (Å²) < 4.78 is 0. The number of nitrogens with zero attached hydrogens (tertiary/aromatic N) is 3. The number of rotatable bonds is 1. The normalized spacial score (nSPS) is 10.8. The molecule has 0 radical (unpaired) electrons. The van der Waals surface area contributed by atoms with Gasteiger partial charge in [0.05, 0.1) is 11.2 Å². The Bertz CT molecular complexity index is 705. The Labute approximate surface area is 109 Å². The first-order valence-electron chi connectivity index (χ1n) is 5.59. The van der Waals surface area contributed by atoms with Crippen LogP contribution in [0.5, 0.6) is 0 Å². The molecule has 0 bridgehead atoms. The summed E-state index contributed by atoms with van der Waals surface area (Å²) in [5.41, 5.74) is 3.56. The van der Waals surface area contributed by atoms with Gasteiger partial charge in [-0.25, -0.2) is 9.97 Å². The Balaban J connectivity index is 2.19. The van der Waals surface area contributed by atoms with Crippen molar-refractivity contribution in [3.05, 3.63) is 53.6 Å². The van der Waals surface area contributed by atoms with Crippen molar-refractivity contribution in [2.75, 3.05) is 0 Å². The average Bonchev–Trinajstić information content (AvgIpc) is 2.37. The lowest BCUT2D eigenvalue weighted by molar-refractivity contribution is 1.11. The summed E-state index contributed by atoms with van der Waals surface area (Å²) in [6.07, 6.45) is 1.81. The minimum absolute atomic E-state index is 0.262. The van der Waals surface area contributed by atoms with Crippen molar-refractivity contribution in [1.29, 1.82) is 0 Å². The van der Waals surface area contributed by atoms with E-state index in [1.54, 1.807) is 6.20 Å². The highest BCUT2D eigenvalue weighted by Gasteiger charge is 2.04. The Hall–Kier alpha value is -2.00. The molecule has 0 N–H and O–H groups in total. The van der Waals surface area contributed by atoms with Crippen molar-refractivity contribution < 1.29 is 0 Å². The molecule has 2 aromatic heterocycles. The highest BCUT2D eigenvalue weighted by molar-refractivity contribution is 6.28. The second kappa shape index (κ2) is 4.35. The number of fused-ring (bicyclic) bond motifs is 1. The summed E-state index contributed by atoms with van der Waals surface area (Å²) in [4.78, 5) is 12.7. The van der Waals surface area contributed by atoms with Crippen LogP contribution in [0.25, 0.3) is 22.2 Å². The van der Waals surface area contributed by atoms with Gasteiger partial charge in [0, 0.05) is 22.8 Å². The van der Waals surface area contributed by atoms with Crippen molar-refractivity contribution in [2.24, 2.45) is 0 Å². The highest BCUT2D eigenvalue weighted by Crippen LogP contribution is 2.22. The summed E-state index contributed by atoms with van der Waals surface area (Å²) >= 11 is 5.88. The van der Waals surface area contributed by atoms with Gasteiger partial charge >= 0.3 is 0 Å². The largest absolute Gasteiger partial charge is 0.256 e. The number of hydrogen-bond donors (Lipinski definition) is 0. The molecular formula is C14H10ClN3. The topological polar surface area (TPSA) is 38.7 Å². The van der Waals surface area contributed by atoms with Gasteiger partial charge in [-0.05, 0) is 36.7 Å². The molecule has 18 heavy (non-hydrogen) atoms. The zero-order valence-electron chi connectivity index (χ0n) is 9.76. The molecule has 0 aliphatic rings. The second-order valence-corrected chi connectivity index (χ2v) is 4.42. The van der Waals surface area contributed by atoms with Crippen LogP contribution in [-0.4, -0.2) is 15.0 Å². The van der Waals surface area contributed by atoms with Gasteiger partial charge < -0.3 is 0 Å². The van der Waals surface area contributed by atoms with Crippen LogP contribution in [0.2, 0.25) is 5.28 Å². The zero-order chi connectivity index (χ0) is 12.5. The summed E-state index contributed by atoms with van der Waals surface area (Å²) in [6, 6.07) is 11.9. The molecule has 0 spiro atoms. The molecule has 0 fully saturated rings. The first kappa shape index (κ1) is 11.1. The third-order valence-corrected chi connectivity index (χ3v) is 2.88. The summed E-state index contributed by atoms with van der Waals surface area (Å²) in [5.74, 6) is 0. The molecule has 0 saturated carbocycles. The number of halogens is 1. The second-order valence-electron chi connectivity index (χ2n) is 4.08. The predicted molar refractivity (Wildman–Crippen MR) is 72.5 cm³/mol. The SMILES string of the molecule is Cc1cc(-c2cnc3ccccc3c2)nc(Cl)n1. The first-order chi connectivity index (χ1) is 8.72. The fourth-order valence-electron chi connectivity index (χ4n) is 1.89. The van der Waals surface area contributed by atoms with Crippen molar-refractivity contribution in [3.8, 4) is 11.3 Å². The van der Waals surface area contributed by atoms with E-state index in [0.29, 0.717) is 0 Å². The quantitative estimate of drug-likeness (QED) is 0.623. The highest BCUT2D eigenvalue weighted by atomic mass is 35.5. The molecule has 0 aliphatic heterocycles. The summed E-state index contributed by atoms with van der Waals surface area (Å²) in [7, 11) is 0. The van der Waals surface area contributed by atoms with E-state index < -0.39 is 0 Å². The molecule has 0 atom stereocenters. The lowest BCUT2D eigenvalue weighted by Gasteiger charge is -2.04. The molecule has 0 unspecified atom stereocenters. The fraction of sp³-hybridized carbons (Fsp3) is 0.0714. The molecule has 3 aromatic rings. The molecule has 4 heteroatoms. The van der Waals surface area contributed by atoms with Gasteiger partial charge in [-0.2, -0.15) is 0 Å². The van der Waals surface area contributed by atoms with E-state index in [9.17, 15) is 0 Å². The standard InChI is InChI=1S/C14H10ClN3/c1-9-6-13(18-14(15)17-9)11-7-10-4-2-3-5-12(10)16-8-11/h2-8H,1H3. The smallest absolute Gasteiger partial charge is 0.223 e. The maximum atomic E-state index is 5.88. The number of aryl methyl sites for hydroxylation is 1. The maximum absolute atomic E-state index is 5.88.